The minimum atomic E-state index is -0.456. The first-order valence-corrected chi connectivity index (χ1v) is 5.24. The summed E-state index contributed by atoms with van der Waals surface area (Å²) in [6.07, 6.45) is 9.14. The third-order valence-corrected chi connectivity index (χ3v) is 3.05. The van der Waals surface area contributed by atoms with E-state index >= 15 is 0 Å². The molecule has 2 rings (SSSR count). The predicted octanol–water partition coefficient (Wildman–Crippen LogP) is 1.84. The van der Waals surface area contributed by atoms with Crippen LogP contribution in [0.4, 0.5) is 0 Å². The Morgan fingerprint density at radius 1 is 1.57 bits per heavy atom. The fourth-order valence-electron chi connectivity index (χ4n) is 1.33. The molecule has 1 aromatic heterocycles. The largest absolute Gasteiger partial charge is 0.364 e. The van der Waals surface area contributed by atoms with Crippen molar-refractivity contribution in [1.82, 2.24) is 4.98 Å². The first kappa shape index (κ1) is 9.15. The van der Waals surface area contributed by atoms with Gasteiger partial charge in [-0.15, -0.1) is 11.3 Å². The molecule has 72 valence electrons. The van der Waals surface area contributed by atoms with E-state index in [2.05, 4.69) is 17.1 Å². The van der Waals surface area contributed by atoms with E-state index in [1.54, 1.807) is 5.38 Å². The average molecular weight is 206 g/mol. The zero-order valence-electron chi connectivity index (χ0n) is 7.51. The Kier molecular flexibility index (Phi) is 2.45. The van der Waals surface area contributed by atoms with E-state index in [1.807, 2.05) is 12.2 Å². The van der Waals surface area contributed by atoms with Gasteiger partial charge in [0.25, 0.3) is 5.91 Å². The van der Waals surface area contributed by atoms with Gasteiger partial charge in [-0.05, 0) is 6.42 Å². The number of nitrogens with zero attached hydrogens (tertiary/aromatic N) is 1. The molecule has 1 aliphatic carbocycles. The summed E-state index contributed by atoms with van der Waals surface area (Å²) in [5.41, 5.74) is 5.50. The predicted molar refractivity (Wildman–Crippen MR) is 56.3 cm³/mol. The van der Waals surface area contributed by atoms with Crippen molar-refractivity contribution < 1.29 is 4.79 Å². The second kappa shape index (κ2) is 3.75. The standard InChI is InChI=1S/C10H10N2OS/c11-9(13)8-6-14-10(12-8)7-4-2-1-3-5-7/h1-4,6-7H,5H2,(H2,11,13). The van der Waals surface area contributed by atoms with Gasteiger partial charge >= 0.3 is 0 Å². The van der Waals surface area contributed by atoms with Crippen molar-refractivity contribution >= 4 is 17.2 Å². The number of allylic oxidation sites excluding steroid dienone is 4. The molecule has 0 bridgehead atoms. The quantitative estimate of drug-likeness (QED) is 0.802. The van der Waals surface area contributed by atoms with Crippen LogP contribution in [0.3, 0.4) is 0 Å². The molecule has 0 saturated heterocycles. The van der Waals surface area contributed by atoms with Crippen LogP contribution in [0.15, 0.2) is 29.7 Å². The summed E-state index contributed by atoms with van der Waals surface area (Å²) in [5, 5.41) is 2.67. The number of thiazole rings is 1. The van der Waals surface area contributed by atoms with E-state index in [4.69, 9.17) is 5.73 Å². The molecule has 0 radical (unpaired) electrons. The van der Waals surface area contributed by atoms with Gasteiger partial charge < -0.3 is 5.73 Å². The number of nitrogens with two attached hydrogens (primary N) is 1. The molecule has 1 amide bonds. The Bertz CT molecular complexity index is 406. The molecule has 1 atom stereocenters. The molecule has 0 saturated carbocycles. The monoisotopic (exact) mass is 206 g/mol. The molecule has 0 fully saturated rings. The van der Waals surface area contributed by atoms with Crippen molar-refractivity contribution in [2.45, 2.75) is 12.3 Å². The van der Waals surface area contributed by atoms with Gasteiger partial charge in [0, 0.05) is 11.3 Å². The fraction of sp³-hybridized carbons (Fsp3) is 0.200. The number of hydrogen-bond donors (Lipinski definition) is 1. The summed E-state index contributed by atoms with van der Waals surface area (Å²) in [4.78, 5) is 15.0. The number of hydrogen-bond acceptors (Lipinski definition) is 3. The zero-order chi connectivity index (χ0) is 9.97. The first-order valence-electron chi connectivity index (χ1n) is 4.36. The van der Waals surface area contributed by atoms with Gasteiger partial charge in [-0.3, -0.25) is 4.79 Å². The van der Waals surface area contributed by atoms with Crippen LogP contribution in [-0.4, -0.2) is 10.9 Å². The Morgan fingerprint density at radius 3 is 3.00 bits per heavy atom. The highest BCUT2D eigenvalue weighted by Gasteiger charge is 2.14. The second-order valence-corrected chi connectivity index (χ2v) is 3.98. The number of amides is 1. The third kappa shape index (κ3) is 1.75. The number of primary amides is 1. The third-order valence-electron chi connectivity index (χ3n) is 2.07. The van der Waals surface area contributed by atoms with Crippen molar-refractivity contribution in [2.75, 3.05) is 0 Å². The highest BCUT2D eigenvalue weighted by molar-refractivity contribution is 7.10. The highest BCUT2D eigenvalue weighted by atomic mass is 32.1. The Labute approximate surface area is 86.0 Å². The molecule has 0 spiro atoms. The molecule has 1 unspecified atom stereocenters. The zero-order valence-corrected chi connectivity index (χ0v) is 8.33. The maximum atomic E-state index is 10.8. The van der Waals surface area contributed by atoms with Gasteiger partial charge in [0.1, 0.15) is 10.7 Å². The van der Waals surface area contributed by atoms with E-state index in [1.165, 1.54) is 11.3 Å². The lowest BCUT2D eigenvalue weighted by Gasteiger charge is -2.08. The molecule has 1 heterocycles. The van der Waals surface area contributed by atoms with Crippen LogP contribution in [-0.2, 0) is 0 Å². The van der Waals surface area contributed by atoms with Gasteiger partial charge in [0.05, 0.1) is 0 Å². The van der Waals surface area contributed by atoms with Gasteiger partial charge in [0.2, 0.25) is 0 Å². The number of aromatic nitrogens is 1. The lowest BCUT2D eigenvalue weighted by Crippen LogP contribution is -2.11. The minimum absolute atomic E-state index is 0.304. The van der Waals surface area contributed by atoms with Crippen molar-refractivity contribution in [3.05, 3.63) is 40.4 Å². The van der Waals surface area contributed by atoms with Gasteiger partial charge in [0.15, 0.2) is 0 Å². The maximum Gasteiger partial charge on any atom is 0.268 e. The summed E-state index contributed by atoms with van der Waals surface area (Å²) in [7, 11) is 0. The van der Waals surface area contributed by atoms with E-state index < -0.39 is 5.91 Å². The highest BCUT2D eigenvalue weighted by Crippen LogP contribution is 2.27. The Morgan fingerprint density at radius 2 is 2.43 bits per heavy atom. The van der Waals surface area contributed by atoms with Crippen LogP contribution in [0.5, 0.6) is 0 Å². The molecule has 0 aliphatic heterocycles. The van der Waals surface area contributed by atoms with Gasteiger partial charge in [-0.2, -0.15) is 0 Å². The lowest BCUT2D eigenvalue weighted by atomic mass is 10.0. The van der Waals surface area contributed by atoms with E-state index in [9.17, 15) is 4.79 Å². The average Bonchev–Trinajstić information content (AvgIpc) is 2.68. The van der Waals surface area contributed by atoms with Crippen molar-refractivity contribution in [2.24, 2.45) is 5.73 Å². The summed E-state index contributed by atoms with van der Waals surface area (Å²) >= 11 is 1.49. The Balaban J connectivity index is 2.20. The van der Waals surface area contributed by atoms with Gasteiger partial charge in [-0.1, -0.05) is 24.3 Å². The molecule has 0 aromatic carbocycles. The smallest absolute Gasteiger partial charge is 0.268 e. The van der Waals surface area contributed by atoms with Crippen LogP contribution >= 0.6 is 11.3 Å². The summed E-state index contributed by atoms with van der Waals surface area (Å²) in [6.45, 7) is 0. The van der Waals surface area contributed by atoms with Crippen LogP contribution in [0.25, 0.3) is 0 Å². The Hall–Kier alpha value is -1.42. The number of rotatable bonds is 2. The fourth-order valence-corrected chi connectivity index (χ4v) is 2.24. The number of carbonyl (C=O) groups is 1. The molecular weight excluding hydrogens is 196 g/mol. The molecule has 4 heteroatoms. The first-order chi connectivity index (χ1) is 6.77. The topological polar surface area (TPSA) is 56.0 Å². The van der Waals surface area contributed by atoms with Crippen LogP contribution in [0.2, 0.25) is 0 Å². The van der Waals surface area contributed by atoms with Crippen molar-refractivity contribution in [1.29, 1.82) is 0 Å². The molecule has 2 N–H and O–H groups in total. The molecular formula is C10H10N2OS. The maximum absolute atomic E-state index is 10.8. The summed E-state index contributed by atoms with van der Waals surface area (Å²) in [5.74, 6) is -0.152. The number of carbonyl (C=O) groups excluding carboxylic acids is 1. The molecule has 14 heavy (non-hydrogen) atoms. The SMILES string of the molecule is NC(=O)c1csc(C2C=CC=CC2)n1. The summed E-state index contributed by atoms with van der Waals surface area (Å²) in [6, 6.07) is 0. The van der Waals surface area contributed by atoms with Crippen LogP contribution < -0.4 is 5.73 Å². The second-order valence-electron chi connectivity index (χ2n) is 3.09. The molecule has 3 nitrogen and oxygen atoms in total. The van der Waals surface area contributed by atoms with Crippen LogP contribution in [0, 0.1) is 0 Å². The van der Waals surface area contributed by atoms with Crippen molar-refractivity contribution in [3.8, 4) is 0 Å². The summed E-state index contributed by atoms with van der Waals surface area (Å²) < 4.78 is 0. The van der Waals surface area contributed by atoms with E-state index in [0.717, 1.165) is 11.4 Å². The van der Waals surface area contributed by atoms with Crippen molar-refractivity contribution in [3.63, 3.8) is 0 Å². The van der Waals surface area contributed by atoms with E-state index in [-0.39, 0.29) is 0 Å². The lowest BCUT2D eigenvalue weighted by molar-refractivity contribution is 0.0996. The van der Waals surface area contributed by atoms with E-state index in [0.29, 0.717) is 11.6 Å². The normalized spacial score (nSPS) is 19.9. The minimum Gasteiger partial charge on any atom is -0.364 e. The van der Waals surface area contributed by atoms with Gasteiger partial charge in [-0.25, -0.2) is 4.98 Å². The van der Waals surface area contributed by atoms with Crippen LogP contribution in [0.1, 0.15) is 27.8 Å². The molecule has 1 aliphatic rings. The molecule has 1 aromatic rings.